The van der Waals surface area contributed by atoms with Gasteiger partial charge >= 0.3 is 0 Å². The second kappa shape index (κ2) is 8.33. The number of benzene rings is 2. The lowest BCUT2D eigenvalue weighted by Gasteiger charge is -2.21. The van der Waals surface area contributed by atoms with Crippen molar-refractivity contribution in [2.45, 2.75) is 37.4 Å². The van der Waals surface area contributed by atoms with E-state index in [1.54, 1.807) is 11.8 Å². The van der Waals surface area contributed by atoms with Crippen molar-refractivity contribution in [3.05, 3.63) is 70.0 Å². The molecule has 0 unspecified atom stereocenters. The summed E-state index contributed by atoms with van der Waals surface area (Å²) < 4.78 is 13.2. The predicted octanol–water partition coefficient (Wildman–Crippen LogP) is 4.70. The summed E-state index contributed by atoms with van der Waals surface area (Å²) in [7, 11) is 0. The molecule has 2 aromatic carbocycles. The highest BCUT2D eigenvalue weighted by atomic mass is 35.5. The quantitative estimate of drug-likeness (QED) is 0.560. The van der Waals surface area contributed by atoms with Crippen LogP contribution in [0.25, 0.3) is 0 Å². The van der Waals surface area contributed by atoms with Gasteiger partial charge in [0.15, 0.2) is 11.9 Å². The van der Waals surface area contributed by atoms with Gasteiger partial charge in [0.25, 0.3) is 0 Å². The summed E-state index contributed by atoms with van der Waals surface area (Å²) in [6.45, 7) is 3.75. The molecule has 1 aromatic heterocycles. The summed E-state index contributed by atoms with van der Waals surface area (Å²) in [5.74, 6) is 2.57. The van der Waals surface area contributed by atoms with Crippen LogP contribution >= 0.6 is 23.4 Å². The van der Waals surface area contributed by atoms with Crippen LogP contribution in [-0.2, 0) is 30.1 Å². The van der Waals surface area contributed by atoms with Gasteiger partial charge in [-0.2, -0.15) is 0 Å². The molecule has 0 spiro atoms. The molecule has 0 aliphatic carbocycles. The van der Waals surface area contributed by atoms with E-state index in [2.05, 4.69) is 33.8 Å². The average Bonchev–Trinajstić information content (AvgIpc) is 3.08. The topological polar surface area (TPSA) is 49.2 Å². The van der Waals surface area contributed by atoms with Gasteiger partial charge in [-0.05, 0) is 24.6 Å². The molecular formula is C20H20ClN3O2S. The Bertz CT molecular complexity index is 930. The van der Waals surface area contributed by atoms with E-state index in [4.69, 9.17) is 21.1 Å². The van der Waals surface area contributed by atoms with Crippen LogP contribution in [0.3, 0.4) is 0 Å². The minimum atomic E-state index is 0.276. The Hall–Kier alpha value is -2.02. The fraction of sp³-hybridized carbons (Fsp3) is 0.300. The van der Waals surface area contributed by atoms with Gasteiger partial charge in [-0.1, -0.05) is 53.7 Å². The number of halogens is 1. The molecule has 3 aromatic rings. The van der Waals surface area contributed by atoms with Crippen LogP contribution in [-0.4, -0.2) is 21.6 Å². The van der Waals surface area contributed by atoms with Gasteiger partial charge in [-0.25, -0.2) is 0 Å². The maximum atomic E-state index is 6.26. The lowest BCUT2D eigenvalue weighted by molar-refractivity contribution is -0.0168. The van der Waals surface area contributed by atoms with E-state index < -0.39 is 0 Å². The first-order valence-electron chi connectivity index (χ1n) is 8.85. The number of fused-ring (bicyclic) bond motifs is 1. The molecule has 1 aliphatic rings. The molecule has 0 saturated carbocycles. The molecule has 0 radical (unpaired) electrons. The molecule has 0 bridgehead atoms. The van der Waals surface area contributed by atoms with Gasteiger partial charge < -0.3 is 14.0 Å². The van der Waals surface area contributed by atoms with Gasteiger partial charge in [0.1, 0.15) is 11.6 Å². The molecule has 5 nitrogen and oxygen atoms in total. The van der Waals surface area contributed by atoms with Crippen molar-refractivity contribution < 1.29 is 9.47 Å². The van der Waals surface area contributed by atoms with Crippen molar-refractivity contribution in [1.82, 2.24) is 14.8 Å². The van der Waals surface area contributed by atoms with E-state index in [0.29, 0.717) is 17.4 Å². The van der Waals surface area contributed by atoms with Crippen LogP contribution in [0.2, 0.25) is 5.02 Å². The summed E-state index contributed by atoms with van der Waals surface area (Å²) in [5, 5.41) is 10.4. The predicted molar refractivity (Wildman–Crippen MR) is 106 cm³/mol. The van der Waals surface area contributed by atoms with E-state index >= 15 is 0 Å². The molecule has 1 aliphatic heterocycles. The zero-order valence-corrected chi connectivity index (χ0v) is 16.6. The summed E-state index contributed by atoms with van der Waals surface area (Å²) in [5.41, 5.74) is 3.28. The third kappa shape index (κ3) is 4.13. The van der Waals surface area contributed by atoms with Crippen molar-refractivity contribution in [2.75, 3.05) is 6.79 Å². The van der Waals surface area contributed by atoms with Crippen molar-refractivity contribution in [1.29, 1.82) is 0 Å². The zero-order valence-electron chi connectivity index (χ0n) is 15.0. The van der Waals surface area contributed by atoms with Crippen molar-refractivity contribution in [3.8, 4) is 5.75 Å². The molecule has 0 fully saturated rings. The number of aromatic nitrogens is 3. The van der Waals surface area contributed by atoms with E-state index in [9.17, 15) is 0 Å². The first-order valence-corrected chi connectivity index (χ1v) is 10.2. The highest BCUT2D eigenvalue weighted by molar-refractivity contribution is 7.98. The molecule has 4 rings (SSSR count). The Labute approximate surface area is 167 Å². The fourth-order valence-electron chi connectivity index (χ4n) is 3.16. The highest BCUT2D eigenvalue weighted by Gasteiger charge is 2.18. The Balaban J connectivity index is 1.53. The van der Waals surface area contributed by atoms with Gasteiger partial charge in [0.2, 0.25) is 0 Å². The smallest absolute Gasteiger partial charge is 0.191 e. The Morgan fingerprint density at radius 2 is 2.04 bits per heavy atom. The van der Waals surface area contributed by atoms with E-state index in [1.165, 1.54) is 5.56 Å². The molecule has 140 valence electrons. The molecule has 2 heterocycles. The van der Waals surface area contributed by atoms with Crippen LogP contribution in [0.4, 0.5) is 0 Å². The molecule has 0 atom stereocenters. The lowest BCUT2D eigenvalue weighted by atomic mass is 10.1. The van der Waals surface area contributed by atoms with E-state index in [-0.39, 0.29) is 6.79 Å². The highest BCUT2D eigenvalue weighted by Crippen LogP contribution is 2.35. The maximum absolute atomic E-state index is 6.26. The summed E-state index contributed by atoms with van der Waals surface area (Å²) in [4.78, 5) is 0. The SMILES string of the molecule is CCn1c(Cc2ccccc2)nnc1SCc1cc(Cl)cc2c1OCOC2. The number of thioether (sulfide) groups is 1. The second-order valence-electron chi connectivity index (χ2n) is 6.26. The third-order valence-corrected chi connectivity index (χ3v) is 5.66. The molecule has 0 amide bonds. The second-order valence-corrected chi connectivity index (χ2v) is 7.64. The van der Waals surface area contributed by atoms with Crippen molar-refractivity contribution >= 4 is 23.4 Å². The summed E-state index contributed by atoms with van der Waals surface area (Å²) in [6.07, 6.45) is 0.773. The Morgan fingerprint density at radius 1 is 1.19 bits per heavy atom. The maximum Gasteiger partial charge on any atom is 0.191 e. The minimum absolute atomic E-state index is 0.276. The van der Waals surface area contributed by atoms with Gasteiger partial charge in [-0.3, -0.25) is 0 Å². The number of hydrogen-bond acceptors (Lipinski definition) is 5. The van der Waals surface area contributed by atoms with Crippen LogP contribution in [0.1, 0.15) is 29.4 Å². The van der Waals surface area contributed by atoms with Crippen molar-refractivity contribution in [2.24, 2.45) is 0 Å². The Kier molecular flexibility index (Phi) is 5.66. The molecule has 7 heteroatoms. The monoisotopic (exact) mass is 401 g/mol. The van der Waals surface area contributed by atoms with Gasteiger partial charge in [0, 0.05) is 34.9 Å². The molecular weight excluding hydrogens is 382 g/mol. The summed E-state index contributed by atoms with van der Waals surface area (Å²) >= 11 is 7.91. The normalized spacial score (nSPS) is 13.3. The van der Waals surface area contributed by atoms with Crippen LogP contribution in [0, 0.1) is 0 Å². The standard InChI is InChI=1S/C20H20ClN3O2S/c1-2-24-18(8-14-6-4-3-5-7-14)22-23-20(24)27-12-16-10-17(21)9-15-11-25-13-26-19(15)16/h3-7,9-10H,2,8,11-13H2,1H3. The fourth-order valence-corrected chi connectivity index (χ4v) is 4.41. The first kappa shape index (κ1) is 18.3. The summed E-state index contributed by atoms with van der Waals surface area (Å²) in [6, 6.07) is 14.2. The largest absolute Gasteiger partial charge is 0.467 e. The van der Waals surface area contributed by atoms with E-state index in [0.717, 1.165) is 40.8 Å². The van der Waals surface area contributed by atoms with E-state index in [1.807, 2.05) is 30.3 Å². The zero-order chi connectivity index (χ0) is 18.6. The molecule has 0 N–H and O–H groups in total. The van der Waals surface area contributed by atoms with Crippen LogP contribution < -0.4 is 4.74 Å². The van der Waals surface area contributed by atoms with Crippen LogP contribution in [0.15, 0.2) is 47.6 Å². The number of nitrogens with zero attached hydrogens (tertiary/aromatic N) is 3. The Morgan fingerprint density at radius 3 is 2.85 bits per heavy atom. The lowest BCUT2D eigenvalue weighted by Crippen LogP contribution is -2.13. The number of ether oxygens (including phenoxy) is 2. The van der Waals surface area contributed by atoms with Gasteiger partial charge in [0.05, 0.1) is 6.61 Å². The first-order chi connectivity index (χ1) is 13.2. The third-order valence-electron chi connectivity index (χ3n) is 4.42. The van der Waals surface area contributed by atoms with Gasteiger partial charge in [-0.15, -0.1) is 10.2 Å². The number of hydrogen-bond donors (Lipinski definition) is 0. The molecule has 0 saturated heterocycles. The van der Waals surface area contributed by atoms with Crippen molar-refractivity contribution in [3.63, 3.8) is 0 Å². The molecule has 27 heavy (non-hydrogen) atoms. The number of rotatable bonds is 6. The average molecular weight is 402 g/mol. The minimum Gasteiger partial charge on any atom is -0.467 e. The van der Waals surface area contributed by atoms with Crippen LogP contribution in [0.5, 0.6) is 5.75 Å².